The summed E-state index contributed by atoms with van der Waals surface area (Å²) in [5.41, 5.74) is 29.9. The molecule has 0 unspecified atom stereocenters. The molecule has 0 aromatic heterocycles. The first-order valence-corrected chi connectivity index (χ1v) is 29.8. The monoisotopic (exact) mass is 1040 g/mol. The first kappa shape index (κ1) is 51.5. The Morgan fingerprint density at radius 2 is 0.568 bits per heavy atom. The molecule has 0 spiro atoms. The van der Waals surface area contributed by atoms with Crippen LogP contribution in [0.4, 0.5) is 34.1 Å². The molecule has 394 valence electrons. The van der Waals surface area contributed by atoms with Crippen LogP contribution in [0.3, 0.4) is 0 Å². The number of unbranched alkanes of at least 4 members (excludes halogenated alkanes) is 3. The van der Waals surface area contributed by atoms with Gasteiger partial charge in [0.1, 0.15) is 0 Å². The molecular formula is C78H69BN2. The molecule has 13 rings (SSSR count). The van der Waals surface area contributed by atoms with Crippen molar-refractivity contribution in [3.8, 4) is 66.8 Å². The molecule has 81 heavy (non-hydrogen) atoms. The second-order valence-electron chi connectivity index (χ2n) is 22.3. The largest absolute Gasteiger partial charge is 0.310 e. The first-order chi connectivity index (χ1) is 40.1. The molecule has 0 amide bonds. The summed E-state index contributed by atoms with van der Waals surface area (Å²) in [7, 11) is 0. The number of rotatable bonds is 17. The van der Waals surface area contributed by atoms with Crippen LogP contribution in [0, 0.1) is 0 Å². The molecule has 11 aromatic carbocycles. The van der Waals surface area contributed by atoms with Crippen molar-refractivity contribution in [2.75, 3.05) is 9.80 Å². The Hall–Kier alpha value is -8.92. The lowest BCUT2D eigenvalue weighted by molar-refractivity contribution is 0.794. The van der Waals surface area contributed by atoms with E-state index in [1.54, 1.807) is 0 Å². The maximum absolute atomic E-state index is 2.72. The van der Waals surface area contributed by atoms with Gasteiger partial charge in [0.05, 0.1) is 11.4 Å². The highest BCUT2D eigenvalue weighted by Gasteiger charge is 2.45. The van der Waals surface area contributed by atoms with E-state index in [1.165, 1.54) is 134 Å². The van der Waals surface area contributed by atoms with Crippen LogP contribution in [0.15, 0.2) is 255 Å². The third-order valence-corrected chi connectivity index (χ3v) is 16.9. The number of anilines is 6. The molecular weight excluding hydrogens is 976 g/mol. The zero-order valence-corrected chi connectivity index (χ0v) is 47.1. The van der Waals surface area contributed by atoms with Gasteiger partial charge in [0.25, 0.3) is 6.71 Å². The Balaban J connectivity index is 1.20. The number of aryl methyl sites for hydroxylation is 3. The standard InChI is InChI=1S/C78H69BN2/c1-4-7-28-55-43-45-72-70(47-55)79-71-48-56(29-8-5-2)44-46-73(71)81(78-68(62-39-24-14-25-40-62)53-65(59-33-18-11-19-34-59)54-69(78)63-41-26-15-27-42-63)75-50-57(30-9-6-3)49-74(76(75)79)80(72)77-66(60-35-20-12-21-36-60)51-64(58-31-16-10-17-32-58)52-67(77)61-37-22-13-23-38-61/h10-27,31-54H,4-9,28-30H2,1-3H3. The van der Waals surface area contributed by atoms with E-state index in [0.717, 1.165) is 57.8 Å². The SMILES string of the molecule is CCCCc1ccc2c(c1)B1c3cc(CCCC)ccc3N(c3c(-c4ccccc4)cc(-c4ccccc4)cc3-c3ccccc3)c3cc(CCCC)cc(c31)N2c1c(-c2ccccc2)cc(-c2ccccc2)cc1-c1ccccc1. The maximum atomic E-state index is 2.72. The van der Waals surface area contributed by atoms with Crippen molar-refractivity contribution in [1.29, 1.82) is 0 Å². The van der Waals surface area contributed by atoms with Gasteiger partial charge in [-0.3, -0.25) is 0 Å². The van der Waals surface area contributed by atoms with Crippen LogP contribution in [0.5, 0.6) is 0 Å². The first-order valence-electron chi connectivity index (χ1n) is 29.8. The Kier molecular flexibility index (Phi) is 14.7. The van der Waals surface area contributed by atoms with E-state index in [1.807, 2.05) is 0 Å². The van der Waals surface area contributed by atoms with Gasteiger partial charge in [-0.2, -0.15) is 0 Å². The summed E-state index contributed by atoms with van der Waals surface area (Å²) in [6, 6.07) is 96.7. The Morgan fingerprint density at radius 1 is 0.272 bits per heavy atom. The average Bonchev–Trinajstić information content (AvgIpc) is 3.72. The van der Waals surface area contributed by atoms with Crippen molar-refractivity contribution in [1.82, 2.24) is 0 Å². The van der Waals surface area contributed by atoms with Crippen LogP contribution in [-0.2, 0) is 19.3 Å². The Labute approximate surface area is 481 Å². The topological polar surface area (TPSA) is 6.48 Å². The van der Waals surface area contributed by atoms with E-state index in [4.69, 9.17) is 0 Å². The number of nitrogens with zero attached hydrogens (tertiary/aromatic N) is 2. The minimum absolute atomic E-state index is 0.0382. The van der Waals surface area contributed by atoms with Crippen LogP contribution >= 0.6 is 0 Å². The van der Waals surface area contributed by atoms with Gasteiger partial charge in [-0.05, 0) is 165 Å². The number of fused-ring (bicyclic) bond motifs is 4. The van der Waals surface area contributed by atoms with Gasteiger partial charge in [0, 0.05) is 45.0 Å². The van der Waals surface area contributed by atoms with Crippen molar-refractivity contribution < 1.29 is 0 Å². The van der Waals surface area contributed by atoms with Crippen LogP contribution in [0.2, 0.25) is 0 Å². The van der Waals surface area contributed by atoms with E-state index in [9.17, 15) is 0 Å². The second kappa shape index (κ2) is 23.0. The molecule has 3 heteroatoms. The maximum Gasteiger partial charge on any atom is 0.252 e. The van der Waals surface area contributed by atoms with Crippen LogP contribution in [0.25, 0.3) is 66.8 Å². The summed E-state index contributed by atoms with van der Waals surface area (Å²) in [5, 5.41) is 0. The van der Waals surface area contributed by atoms with Crippen molar-refractivity contribution in [2.45, 2.75) is 78.6 Å². The minimum Gasteiger partial charge on any atom is -0.310 e. The van der Waals surface area contributed by atoms with Gasteiger partial charge in [-0.25, -0.2) is 0 Å². The normalized spacial score (nSPS) is 12.3. The molecule has 2 aliphatic heterocycles. The third-order valence-electron chi connectivity index (χ3n) is 16.9. The lowest BCUT2D eigenvalue weighted by Crippen LogP contribution is -2.61. The molecule has 0 bridgehead atoms. The van der Waals surface area contributed by atoms with Gasteiger partial charge in [-0.15, -0.1) is 0 Å². The quantitative estimate of drug-likeness (QED) is 0.0839. The Bertz CT molecular complexity index is 3610. The van der Waals surface area contributed by atoms with E-state index >= 15 is 0 Å². The predicted octanol–water partition coefficient (Wildman–Crippen LogP) is 19.8. The highest BCUT2D eigenvalue weighted by atomic mass is 15.2. The highest BCUT2D eigenvalue weighted by molar-refractivity contribution is 7.00. The van der Waals surface area contributed by atoms with E-state index in [0.29, 0.717) is 0 Å². The minimum atomic E-state index is -0.0382. The van der Waals surface area contributed by atoms with Crippen LogP contribution < -0.4 is 26.2 Å². The van der Waals surface area contributed by atoms with Gasteiger partial charge < -0.3 is 9.80 Å². The molecule has 2 nitrogen and oxygen atoms in total. The zero-order valence-electron chi connectivity index (χ0n) is 47.1. The van der Waals surface area contributed by atoms with E-state index in [-0.39, 0.29) is 6.71 Å². The summed E-state index contributed by atoms with van der Waals surface area (Å²) in [5.74, 6) is 0. The number of hydrogen-bond acceptors (Lipinski definition) is 2. The van der Waals surface area contributed by atoms with Gasteiger partial charge in [-0.1, -0.05) is 246 Å². The highest BCUT2D eigenvalue weighted by Crippen LogP contribution is 2.54. The molecule has 0 fully saturated rings. The summed E-state index contributed by atoms with van der Waals surface area (Å²) in [6.45, 7) is 6.92. The molecule has 11 aromatic rings. The van der Waals surface area contributed by atoms with Gasteiger partial charge in [0.15, 0.2) is 0 Å². The third kappa shape index (κ3) is 9.90. The molecule has 0 atom stereocenters. The lowest BCUT2D eigenvalue weighted by Gasteiger charge is -2.46. The molecule has 0 aliphatic carbocycles. The molecule has 0 saturated heterocycles. The summed E-state index contributed by atoms with van der Waals surface area (Å²) in [4.78, 5) is 5.45. The summed E-state index contributed by atoms with van der Waals surface area (Å²) < 4.78 is 0. The molecule has 2 heterocycles. The number of hydrogen-bond donors (Lipinski definition) is 0. The zero-order chi connectivity index (χ0) is 54.7. The van der Waals surface area contributed by atoms with Gasteiger partial charge in [0.2, 0.25) is 0 Å². The molecule has 0 N–H and O–H groups in total. The fraction of sp³-hybridized carbons (Fsp3) is 0.154. The fourth-order valence-electron chi connectivity index (χ4n) is 12.9. The smallest absolute Gasteiger partial charge is 0.252 e. The molecule has 0 radical (unpaired) electrons. The van der Waals surface area contributed by atoms with E-state index in [2.05, 4.69) is 285 Å². The summed E-state index contributed by atoms with van der Waals surface area (Å²) in [6.07, 6.45) is 9.78. The Morgan fingerprint density at radius 3 is 0.877 bits per heavy atom. The van der Waals surface area contributed by atoms with Crippen molar-refractivity contribution >= 4 is 57.2 Å². The van der Waals surface area contributed by atoms with Crippen molar-refractivity contribution in [3.05, 3.63) is 271 Å². The van der Waals surface area contributed by atoms with Crippen LogP contribution in [-0.4, -0.2) is 6.71 Å². The van der Waals surface area contributed by atoms with Gasteiger partial charge >= 0.3 is 0 Å². The number of benzene rings is 11. The summed E-state index contributed by atoms with van der Waals surface area (Å²) >= 11 is 0. The second-order valence-corrected chi connectivity index (χ2v) is 22.3. The van der Waals surface area contributed by atoms with Crippen molar-refractivity contribution in [2.24, 2.45) is 0 Å². The average molecular weight is 1050 g/mol. The molecule has 0 saturated carbocycles. The van der Waals surface area contributed by atoms with Crippen LogP contribution in [0.1, 0.15) is 76.0 Å². The van der Waals surface area contributed by atoms with E-state index < -0.39 is 0 Å². The predicted molar refractivity (Wildman–Crippen MR) is 349 cm³/mol. The fourth-order valence-corrected chi connectivity index (χ4v) is 12.9. The van der Waals surface area contributed by atoms with Crippen molar-refractivity contribution in [3.63, 3.8) is 0 Å². The molecule has 2 aliphatic rings. The lowest BCUT2D eigenvalue weighted by atomic mass is 9.33.